The molecule has 2 fully saturated rings. The fourth-order valence-electron chi connectivity index (χ4n) is 5.53. The van der Waals surface area contributed by atoms with Gasteiger partial charge in [0.05, 0.1) is 35.6 Å². The number of halogens is 1. The molecule has 1 aromatic heterocycles. The third-order valence-electron chi connectivity index (χ3n) is 8.80. The number of aromatic nitrogens is 1. The maximum Gasteiger partial charge on any atom is 0.251 e. The Labute approximate surface area is 290 Å². The number of para-hydroxylation sites is 1. The number of aliphatic hydroxyl groups is 5. The lowest BCUT2D eigenvalue weighted by Gasteiger charge is -2.24. The number of carbonyl (C=O) groups excluding carboxylic acids is 1. The van der Waals surface area contributed by atoms with Gasteiger partial charge in [-0.3, -0.25) is 9.78 Å². The molecule has 0 bridgehead atoms. The molecule has 0 unspecified atom stereocenters. The van der Waals surface area contributed by atoms with E-state index >= 15 is 0 Å². The van der Waals surface area contributed by atoms with E-state index in [-0.39, 0.29) is 29.9 Å². The molecule has 6 N–H and O–H groups in total. The van der Waals surface area contributed by atoms with E-state index < -0.39 is 52.4 Å². The summed E-state index contributed by atoms with van der Waals surface area (Å²) in [6, 6.07) is 14.5. The molecule has 1 heterocycles. The molecule has 5 rings (SSSR count). The summed E-state index contributed by atoms with van der Waals surface area (Å²) in [5, 5.41) is 50.4. The minimum atomic E-state index is -3.66. The Hall–Kier alpha value is -3.14. The summed E-state index contributed by atoms with van der Waals surface area (Å²) in [6.45, 7) is -0.670. The second-order valence-electron chi connectivity index (χ2n) is 12.6. The van der Waals surface area contributed by atoms with Crippen molar-refractivity contribution in [1.82, 2.24) is 10.3 Å². The molecule has 2 saturated carbocycles. The van der Waals surface area contributed by atoms with Crippen LogP contribution in [0.3, 0.4) is 0 Å². The first-order chi connectivity index (χ1) is 23.5. The molecule has 12 nitrogen and oxygen atoms in total. The Bertz CT molecular complexity index is 1700. The SMILES string of the molecule is O=C(NCCCCCS(=O)(=O)c1ccc(Cl)c(COC2(c3cnccc3-c3ccccc3OC3CC3)CC2)c1)[C@@H](O)[C@@H](O)[C@H](O)[C@@H](O)CO. The molecule has 266 valence electrons. The van der Waals surface area contributed by atoms with Crippen molar-refractivity contribution in [2.75, 3.05) is 18.9 Å². The van der Waals surface area contributed by atoms with Crippen LogP contribution in [0.4, 0.5) is 0 Å². The number of hydrogen-bond acceptors (Lipinski definition) is 11. The number of sulfone groups is 1. The summed E-state index contributed by atoms with van der Waals surface area (Å²) in [7, 11) is -3.66. The van der Waals surface area contributed by atoms with E-state index in [0.717, 1.165) is 48.1 Å². The summed E-state index contributed by atoms with van der Waals surface area (Å²) >= 11 is 6.50. The van der Waals surface area contributed by atoms with Gasteiger partial charge >= 0.3 is 0 Å². The Balaban J connectivity index is 1.14. The van der Waals surface area contributed by atoms with Gasteiger partial charge in [0.15, 0.2) is 15.9 Å². The standard InChI is InChI=1S/C35H43ClN2O10S/c36-28-11-10-24(49(45,46)17-5-1-4-15-38-34(44)33(43)32(42)31(41)29(40)20-39)18-22(28)21-47-35(13-14-35)27-19-37-16-12-25(27)26-6-2-3-7-30(26)48-23-8-9-23/h2-3,6-7,10-12,16,18-19,23,29,31-33,39-43H,1,4-5,8-9,13-15,17,20-21H2,(H,38,44)/t29-,31+,32-,33-/m0/s1. The normalized spacial score (nSPS) is 17.9. The first-order valence-electron chi connectivity index (χ1n) is 16.4. The largest absolute Gasteiger partial charge is 0.490 e. The number of unbranched alkanes of at least 4 members (excludes halogenated alkanes) is 2. The van der Waals surface area contributed by atoms with Crippen LogP contribution in [0, 0.1) is 0 Å². The summed E-state index contributed by atoms with van der Waals surface area (Å²) in [5.41, 5.74) is 2.87. The van der Waals surface area contributed by atoms with E-state index in [4.69, 9.17) is 26.2 Å². The number of benzene rings is 2. The molecule has 1 amide bonds. The summed E-state index contributed by atoms with van der Waals surface area (Å²) in [4.78, 5) is 16.6. The number of hydrogen-bond donors (Lipinski definition) is 6. The van der Waals surface area contributed by atoms with Crippen LogP contribution >= 0.6 is 11.6 Å². The van der Waals surface area contributed by atoms with Gasteiger partial charge in [-0.05, 0) is 80.0 Å². The second kappa shape index (κ2) is 16.3. The van der Waals surface area contributed by atoms with Crippen LogP contribution in [-0.2, 0) is 31.6 Å². The van der Waals surface area contributed by atoms with Crippen molar-refractivity contribution in [3.63, 3.8) is 0 Å². The topological polar surface area (TPSA) is 196 Å². The van der Waals surface area contributed by atoms with Gasteiger partial charge in [-0.2, -0.15) is 0 Å². The Morgan fingerprint density at radius 3 is 2.47 bits per heavy atom. The van der Waals surface area contributed by atoms with E-state index in [1.165, 1.54) is 6.07 Å². The minimum absolute atomic E-state index is 0.0866. The average Bonchev–Trinajstić information content (AvgIpc) is 4.05. The van der Waals surface area contributed by atoms with Crippen molar-refractivity contribution in [3.05, 3.63) is 77.1 Å². The monoisotopic (exact) mass is 718 g/mol. The maximum atomic E-state index is 13.2. The zero-order valence-electron chi connectivity index (χ0n) is 26.9. The third kappa shape index (κ3) is 9.35. The van der Waals surface area contributed by atoms with Gasteiger partial charge in [0.1, 0.15) is 24.1 Å². The summed E-state index contributed by atoms with van der Waals surface area (Å²) in [5.74, 6) is -0.286. The number of carbonyl (C=O) groups is 1. The van der Waals surface area contributed by atoms with Gasteiger partial charge in [0.25, 0.3) is 5.91 Å². The van der Waals surface area contributed by atoms with Gasteiger partial charge < -0.3 is 40.3 Å². The highest BCUT2D eigenvalue weighted by molar-refractivity contribution is 7.91. The molecule has 4 atom stereocenters. The fourth-order valence-corrected chi connectivity index (χ4v) is 7.12. The molecule has 3 aromatic rings. The van der Waals surface area contributed by atoms with Gasteiger partial charge in [-0.25, -0.2) is 8.42 Å². The number of nitrogens with zero attached hydrogens (tertiary/aromatic N) is 1. The van der Waals surface area contributed by atoms with Crippen LogP contribution in [0.1, 0.15) is 56.1 Å². The zero-order chi connectivity index (χ0) is 35.2. The zero-order valence-corrected chi connectivity index (χ0v) is 28.5. The van der Waals surface area contributed by atoms with Crippen molar-refractivity contribution in [2.45, 2.75) is 92.6 Å². The highest BCUT2D eigenvalue weighted by Crippen LogP contribution is 2.53. The van der Waals surface area contributed by atoms with Crippen molar-refractivity contribution in [3.8, 4) is 16.9 Å². The van der Waals surface area contributed by atoms with Crippen molar-refractivity contribution < 1.29 is 48.2 Å². The van der Waals surface area contributed by atoms with Crippen LogP contribution in [0.15, 0.2) is 65.8 Å². The predicted molar refractivity (Wildman–Crippen MR) is 181 cm³/mol. The molecule has 0 saturated heterocycles. The highest BCUT2D eigenvalue weighted by atomic mass is 35.5. The molecule has 2 aliphatic carbocycles. The molecule has 0 aliphatic heterocycles. The predicted octanol–water partition coefficient (Wildman–Crippen LogP) is 2.65. The molecule has 49 heavy (non-hydrogen) atoms. The Morgan fingerprint density at radius 1 is 1.00 bits per heavy atom. The molecule has 2 aliphatic rings. The number of amides is 1. The lowest BCUT2D eigenvalue weighted by Crippen LogP contribution is -2.51. The fraction of sp³-hybridized carbons (Fsp3) is 0.486. The Kier molecular flexibility index (Phi) is 12.3. The van der Waals surface area contributed by atoms with E-state index in [0.29, 0.717) is 29.8 Å². The van der Waals surface area contributed by atoms with E-state index in [9.17, 15) is 33.6 Å². The molecule has 0 radical (unpaired) electrons. The van der Waals surface area contributed by atoms with Crippen molar-refractivity contribution in [2.24, 2.45) is 0 Å². The van der Waals surface area contributed by atoms with Crippen LogP contribution < -0.4 is 10.1 Å². The average molecular weight is 719 g/mol. The Morgan fingerprint density at radius 2 is 1.76 bits per heavy atom. The number of pyridine rings is 1. The smallest absolute Gasteiger partial charge is 0.251 e. The maximum absolute atomic E-state index is 13.2. The van der Waals surface area contributed by atoms with Gasteiger partial charge in [-0.15, -0.1) is 0 Å². The van der Waals surface area contributed by atoms with Crippen LogP contribution in [0.2, 0.25) is 5.02 Å². The van der Waals surface area contributed by atoms with Crippen LogP contribution in [-0.4, -0.2) is 94.3 Å². The lowest BCUT2D eigenvalue weighted by molar-refractivity contribution is -0.148. The van der Waals surface area contributed by atoms with Gasteiger partial charge in [-0.1, -0.05) is 36.2 Å². The summed E-state index contributed by atoms with van der Waals surface area (Å²) < 4.78 is 39.1. The van der Waals surface area contributed by atoms with Gasteiger partial charge in [0, 0.05) is 35.1 Å². The third-order valence-corrected chi connectivity index (χ3v) is 11.0. The van der Waals surface area contributed by atoms with Crippen molar-refractivity contribution >= 4 is 27.3 Å². The van der Waals surface area contributed by atoms with Crippen molar-refractivity contribution in [1.29, 1.82) is 0 Å². The molecule has 2 aromatic carbocycles. The molecular weight excluding hydrogens is 676 g/mol. The van der Waals surface area contributed by atoms with E-state index in [1.807, 2.05) is 36.5 Å². The highest BCUT2D eigenvalue weighted by Gasteiger charge is 2.48. The van der Waals surface area contributed by atoms with Crippen LogP contribution in [0.5, 0.6) is 5.75 Å². The molecular formula is C35H43ClN2O10S. The van der Waals surface area contributed by atoms with Gasteiger partial charge in [0.2, 0.25) is 0 Å². The number of rotatable bonds is 19. The van der Waals surface area contributed by atoms with E-state index in [1.54, 1.807) is 18.3 Å². The minimum Gasteiger partial charge on any atom is -0.490 e. The van der Waals surface area contributed by atoms with Crippen LogP contribution in [0.25, 0.3) is 11.1 Å². The lowest BCUT2D eigenvalue weighted by atomic mass is 9.96. The number of ether oxygens (including phenoxy) is 2. The number of aliphatic hydroxyl groups excluding tert-OH is 5. The second-order valence-corrected chi connectivity index (χ2v) is 15.1. The summed E-state index contributed by atoms with van der Waals surface area (Å²) in [6.07, 6.45) is 0.946. The number of nitrogens with one attached hydrogen (secondary N) is 1. The molecule has 0 spiro atoms. The first-order valence-corrected chi connectivity index (χ1v) is 18.5. The first kappa shape index (κ1) is 37.1. The van der Waals surface area contributed by atoms with E-state index in [2.05, 4.69) is 10.3 Å². The molecule has 14 heteroatoms. The quantitative estimate of drug-likeness (QED) is 0.0998.